The number of nitrogens with zero attached hydrogens (tertiary/aromatic N) is 3. The maximum Gasteiger partial charge on any atom is 0.417 e. The quantitative estimate of drug-likeness (QED) is 0.572. The van der Waals surface area contributed by atoms with Gasteiger partial charge in [0.2, 0.25) is 0 Å². The first kappa shape index (κ1) is 26.8. The minimum Gasteiger partial charge on any atom is -0.485 e. The molecule has 0 bridgehead atoms. The number of benzene rings is 2. The molecule has 1 N–H and O–H groups in total. The van der Waals surface area contributed by atoms with Crippen LogP contribution >= 0.6 is 12.2 Å². The van der Waals surface area contributed by atoms with Gasteiger partial charge in [-0.15, -0.1) is 0 Å². The van der Waals surface area contributed by atoms with Gasteiger partial charge in [-0.3, -0.25) is 9.69 Å². The Labute approximate surface area is 216 Å². The second-order valence-electron chi connectivity index (χ2n) is 9.83. The van der Waals surface area contributed by atoms with E-state index in [9.17, 15) is 31.5 Å². The smallest absolute Gasteiger partial charge is 0.417 e. The van der Waals surface area contributed by atoms with E-state index in [2.05, 4.69) is 0 Å². The third kappa shape index (κ3) is 4.43. The molecule has 1 fully saturated rings. The van der Waals surface area contributed by atoms with Crippen LogP contribution in [0.2, 0.25) is 0 Å². The number of anilines is 2. The Morgan fingerprint density at radius 2 is 1.78 bits per heavy atom. The maximum absolute atomic E-state index is 13.5. The van der Waals surface area contributed by atoms with E-state index in [1.54, 1.807) is 0 Å². The van der Waals surface area contributed by atoms with Gasteiger partial charge in [0, 0.05) is 5.69 Å². The summed E-state index contributed by atoms with van der Waals surface area (Å²) in [6.07, 6.45) is -5.84. The highest BCUT2D eigenvalue weighted by Gasteiger charge is 2.51. The molecule has 0 aromatic heterocycles. The van der Waals surface area contributed by atoms with Gasteiger partial charge in [0.1, 0.15) is 22.3 Å². The lowest BCUT2D eigenvalue weighted by Gasteiger charge is -2.35. The number of thiocarbonyl (C=S) groups is 1. The van der Waals surface area contributed by atoms with Crippen molar-refractivity contribution in [3.63, 3.8) is 0 Å². The van der Waals surface area contributed by atoms with E-state index in [4.69, 9.17) is 22.2 Å². The molecule has 0 aliphatic carbocycles. The van der Waals surface area contributed by atoms with Gasteiger partial charge in [-0.25, -0.2) is 8.42 Å². The highest BCUT2D eigenvalue weighted by atomic mass is 32.2. The first-order valence-corrected chi connectivity index (χ1v) is 13.0. The largest absolute Gasteiger partial charge is 0.485 e. The normalized spacial score (nSPS) is 20.9. The monoisotopic (exact) mass is 553 g/mol. The third-order valence-electron chi connectivity index (χ3n) is 6.30. The average molecular weight is 554 g/mol. The van der Waals surface area contributed by atoms with Crippen molar-refractivity contribution in [3.8, 4) is 11.8 Å². The molecular formula is C24H22F3N3O5S2. The molecule has 2 heterocycles. The molecule has 2 aliphatic heterocycles. The highest BCUT2D eigenvalue weighted by Crippen LogP contribution is 2.42. The lowest BCUT2D eigenvalue weighted by atomic mass is 10.0. The summed E-state index contributed by atoms with van der Waals surface area (Å²) in [6, 6.07) is 8.48. The van der Waals surface area contributed by atoms with E-state index >= 15 is 0 Å². The standard InChI is InChI=1S/C24H22F3N3O5S2/c1-22(2)20(31)29(14-6-5-13(11-28)16(9-14)24(25,26)27)21(36)30(22)15-7-8-17-18(10-15)37(33,34)12-19(35-17)23(3,4)32/h5-10,19,32H,12H2,1-4H3/t19-/m1/s1. The van der Waals surface area contributed by atoms with E-state index in [0.717, 1.165) is 11.0 Å². The van der Waals surface area contributed by atoms with Gasteiger partial charge in [0.25, 0.3) is 5.91 Å². The number of ether oxygens (including phenoxy) is 1. The minimum absolute atomic E-state index is 0.0233. The Hall–Kier alpha value is -3.21. The molecule has 37 heavy (non-hydrogen) atoms. The van der Waals surface area contributed by atoms with Crippen LogP contribution in [0.15, 0.2) is 41.3 Å². The second-order valence-corrected chi connectivity index (χ2v) is 12.2. The van der Waals surface area contributed by atoms with Crippen molar-refractivity contribution in [1.82, 2.24) is 0 Å². The van der Waals surface area contributed by atoms with Gasteiger partial charge in [-0.05, 0) is 76.3 Å². The van der Waals surface area contributed by atoms with Crippen LogP contribution in [0.3, 0.4) is 0 Å². The van der Waals surface area contributed by atoms with Crippen LogP contribution in [0.5, 0.6) is 5.75 Å². The number of hydrogen-bond donors (Lipinski definition) is 1. The summed E-state index contributed by atoms with van der Waals surface area (Å²) >= 11 is 5.50. The predicted octanol–water partition coefficient (Wildman–Crippen LogP) is 3.80. The zero-order valence-electron chi connectivity index (χ0n) is 20.1. The number of nitriles is 1. The molecule has 2 aromatic rings. The molecule has 1 saturated heterocycles. The van der Waals surface area contributed by atoms with Gasteiger partial charge in [-0.2, -0.15) is 18.4 Å². The molecule has 0 saturated carbocycles. The third-order valence-corrected chi connectivity index (χ3v) is 8.40. The molecular weight excluding hydrogens is 531 g/mol. The first-order chi connectivity index (χ1) is 16.9. The molecule has 2 aromatic carbocycles. The Bertz CT molecular complexity index is 1470. The number of aliphatic hydroxyl groups is 1. The van der Waals surface area contributed by atoms with Crippen molar-refractivity contribution in [1.29, 1.82) is 5.26 Å². The molecule has 196 valence electrons. The van der Waals surface area contributed by atoms with Crippen LogP contribution in [0.1, 0.15) is 38.8 Å². The van der Waals surface area contributed by atoms with Gasteiger partial charge in [-0.1, -0.05) is 0 Å². The van der Waals surface area contributed by atoms with Gasteiger partial charge in [0.05, 0.1) is 34.2 Å². The summed E-state index contributed by atoms with van der Waals surface area (Å²) in [7, 11) is -3.90. The predicted molar refractivity (Wildman–Crippen MR) is 132 cm³/mol. The number of rotatable bonds is 3. The number of carbonyl (C=O) groups is 1. The topological polar surface area (TPSA) is 111 Å². The van der Waals surface area contributed by atoms with Gasteiger partial charge >= 0.3 is 6.18 Å². The van der Waals surface area contributed by atoms with Gasteiger partial charge in [0.15, 0.2) is 14.9 Å². The zero-order chi connectivity index (χ0) is 27.7. The first-order valence-electron chi connectivity index (χ1n) is 11.0. The summed E-state index contributed by atoms with van der Waals surface area (Å²) in [4.78, 5) is 15.5. The lowest BCUT2D eigenvalue weighted by molar-refractivity contribution is -0.137. The SMILES string of the molecule is CC(C)(O)[C@H]1CS(=O)(=O)c2cc(N3C(=S)N(c4ccc(C#N)c(C(F)(F)F)c4)C(=O)C3(C)C)ccc2O1. The number of alkyl halides is 3. The fourth-order valence-electron chi connectivity index (χ4n) is 4.26. The summed E-state index contributed by atoms with van der Waals surface area (Å²) < 4.78 is 72.4. The van der Waals surface area contributed by atoms with Crippen LogP contribution in [0.4, 0.5) is 24.5 Å². The summed E-state index contributed by atoms with van der Waals surface area (Å²) in [5.74, 6) is -1.10. The van der Waals surface area contributed by atoms with E-state index in [-0.39, 0.29) is 27.1 Å². The Morgan fingerprint density at radius 3 is 2.35 bits per heavy atom. The Balaban J connectivity index is 1.79. The fraction of sp³-hybridized carbons (Fsp3) is 0.375. The molecule has 0 spiro atoms. The van der Waals surface area contributed by atoms with Crippen molar-refractivity contribution >= 4 is 44.4 Å². The number of amides is 1. The molecule has 1 amide bonds. The van der Waals surface area contributed by atoms with Crippen molar-refractivity contribution in [2.75, 3.05) is 15.6 Å². The summed E-state index contributed by atoms with van der Waals surface area (Å²) in [5, 5.41) is 19.2. The highest BCUT2D eigenvalue weighted by molar-refractivity contribution is 7.91. The van der Waals surface area contributed by atoms with Crippen LogP contribution in [-0.4, -0.2) is 47.5 Å². The molecule has 0 radical (unpaired) electrons. The van der Waals surface area contributed by atoms with Crippen LogP contribution in [0, 0.1) is 11.3 Å². The van der Waals surface area contributed by atoms with E-state index in [0.29, 0.717) is 6.07 Å². The Morgan fingerprint density at radius 1 is 1.16 bits per heavy atom. The summed E-state index contributed by atoms with van der Waals surface area (Å²) in [6.45, 7) is 5.88. The minimum atomic E-state index is -4.84. The van der Waals surface area contributed by atoms with E-state index in [1.165, 1.54) is 62.9 Å². The van der Waals surface area contributed by atoms with Crippen molar-refractivity contribution in [2.24, 2.45) is 0 Å². The maximum atomic E-state index is 13.5. The average Bonchev–Trinajstić information content (AvgIpc) is 2.95. The van der Waals surface area contributed by atoms with Crippen LogP contribution in [-0.2, 0) is 20.8 Å². The number of halogens is 3. The molecule has 13 heteroatoms. The summed E-state index contributed by atoms with van der Waals surface area (Å²) in [5.41, 5.74) is -4.61. The van der Waals surface area contributed by atoms with Crippen LogP contribution < -0.4 is 14.5 Å². The molecule has 4 rings (SSSR count). The second kappa shape index (κ2) is 8.41. The lowest BCUT2D eigenvalue weighted by Crippen LogP contribution is -2.47. The fourth-order valence-corrected chi connectivity index (χ4v) is 6.56. The number of hydrogen-bond acceptors (Lipinski definition) is 7. The molecule has 8 nitrogen and oxygen atoms in total. The van der Waals surface area contributed by atoms with Crippen molar-refractivity contribution in [2.45, 2.75) is 56.0 Å². The van der Waals surface area contributed by atoms with Crippen molar-refractivity contribution in [3.05, 3.63) is 47.5 Å². The number of fused-ring (bicyclic) bond motifs is 1. The number of carbonyl (C=O) groups excluding carboxylic acids is 1. The van der Waals surface area contributed by atoms with Gasteiger partial charge < -0.3 is 14.7 Å². The Kier molecular flexibility index (Phi) is 6.10. The zero-order valence-corrected chi connectivity index (χ0v) is 21.8. The van der Waals surface area contributed by atoms with E-state index < -0.39 is 56.0 Å². The molecule has 0 unspecified atom stereocenters. The number of sulfone groups is 1. The molecule has 1 atom stereocenters. The molecule has 2 aliphatic rings. The van der Waals surface area contributed by atoms with E-state index in [1.807, 2.05) is 0 Å². The van der Waals surface area contributed by atoms with Crippen LogP contribution in [0.25, 0.3) is 0 Å². The van der Waals surface area contributed by atoms with Crippen molar-refractivity contribution < 1.29 is 36.2 Å².